The lowest BCUT2D eigenvalue weighted by atomic mass is 10.2. The Hall–Kier alpha value is -1.53. The Morgan fingerprint density at radius 1 is 1.57 bits per heavy atom. The summed E-state index contributed by atoms with van der Waals surface area (Å²) >= 11 is 0. The minimum atomic E-state index is 0.334. The second kappa shape index (κ2) is 5.25. The van der Waals surface area contributed by atoms with E-state index in [1.165, 1.54) is 0 Å². The Kier molecular flexibility index (Phi) is 3.96. The summed E-state index contributed by atoms with van der Waals surface area (Å²) in [6.45, 7) is 3.22. The molecule has 0 saturated heterocycles. The third-order valence-electron chi connectivity index (χ3n) is 1.90. The van der Waals surface area contributed by atoms with Gasteiger partial charge in [0.2, 0.25) is 0 Å². The zero-order chi connectivity index (χ0) is 10.4. The fourth-order valence-electron chi connectivity index (χ4n) is 0.962. The van der Waals surface area contributed by atoms with E-state index in [0.717, 1.165) is 5.75 Å². The summed E-state index contributed by atoms with van der Waals surface area (Å²) in [5.74, 6) is 1.06. The molecule has 0 amide bonds. The normalized spacial score (nSPS) is 11.8. The first kappa shape index (κ1) is 10.6. The molecule has 2 N–H and O–H groups in total. The van der Waals surface area contributed by atoms with Crippen LogP contribution in [-0.2, 0) is 0 Å². The highest BCUT2D eigenvalue weighted by Crippen LogP contribution is 2.13. The zero-order valence-corrected chi connectivity index (χ0v) is 8.23. The van der Waals surface area contributed by atoms with Crippen LogP contribution < -0.4 is 10.5 Å². The molecule has 0 aliphatic carbocycles. The Morgan fingerprint density at radius 2 is 2.36 bits per heavy atom. The number of benzene rings is 1. The second-order valence-electron chi connectivity index (χ2n) is 3.29. The molecule has 1 atom stereocenters. The molecule has 0 radical (unpaired) electrons. The number of rotatable bonds is 4. The van der Waals surface area contributed by atoms with Crippen LogP contribution in [0.5, 0.6) is 5.75 Å². The van der Waals surface area contributed by atoms with Crippen LogP contribution >= 0.6 is 0 Å². The van der Waals surface area contributed by atoms with Crippen molar-refractivity contribution >= 4 is 0 Å². The van der Waals surface area contributed by atoms with Gasteiger partial charge in [-0.1, -0.05) is 13.0 Å². The molecule has 0 heterocycles. The van der Waals surface area contributed by atoms with E-state index >= 15 is 0 Å². The highest BCUT2D eigenvalue weighted by atomic mass is 16.5. The molecule has 0 spiro atoms. The molecule has 0 fully saturated rings. The lowest BCUT2D eigenvalue weighted by Gasteiger charge is -2.10. The summed E-state index contributed by atoms with van der Waals surface area (Å²) in [5, 5.41) is 8.66. The third kappa shape index (κ3) is 3.08. The molecule has 1 aromatic rings. The molecule has 1 unspecified atom stereocenters. The maximum Gasteiger partial charge on any atom is 0.120 e. The van der Waals surface area contributed by atoms with Gasteiger partial charge in [-0.05, 0) is 24.7 Å². The van der Waals surface area contributed by atoms with E-state index in [4.69, 9.17) is 15.7 Å². The highest BCUT2D eigenvalue weighted by Gasteiger charge is 2.00. The monoisotopic (exact) mass is 190 g/mol. The Bertz CT molecular complexity index is 330. The molecule has 0 bridgehead atoms. The van der Waals surface area contributed by atoms with Crippen LogP contribution in [0.25, 0.3) is 0 Å². The summed E-state index contributed by atoms with van der Waals surface area (Å²) in [7, 11) is 0. The highest BCUT2D eigenvalue weighted by molar-refractivity contribution is 5.36. The van der Waals surface area contributed by atoms with Crippen molar-refractivity contribution in [2.75, 3.05) is 13.2 Å². The van der Waals surface area contributed by atoms with Crippen LogP contribution in [0.3, 0.4) is 0 Å². The van der Waals surface area contributed by atoms with Gasteiger partial charge in [-0.2, -0.15) is 5.26 Å². The third-order valence-corrected chi connectivity index (χ3v) is 1.90. The molecule has 0 aromatic heterocycles. The van der Waals surface area contributed by atoms with Crippen molar-refractivity contribution in [3.63, 3.8) is 0 Å². The number of nitriles is 1. The maximum atomic E-state index is 8.66. The van der Waals surface area contributed by atoms with Crippen LogP contribution in [0.2, 0.25) is 0 Å². The van der Waals surface area contributed by atoms with Crippen LogP contribution in [0.4, 0.5) is 0 Å². The Labute approximate surface area is 84.1 Å². The SMILES string of the molecule is CC(CN)COc1cccc(C#N)c1. The van der Waals surface area contributed by atoms with E-state index < -0.39 is 0 Å². The van der Waals surface area contributed by atoms with Gasteiger partial charge in [-0.25, -0.2) is 0 Å². The van der Waals surface area contributed by atoms with Gasteiger partial charge in [0.25, 0.3) is 0 Å². The predicted molar refractivity (Wildman–Crippen MR) is 54.9 cm³/mol. The lowest BCUT2D eigenvalue weighted by Crippen LogP contribution is -2.18. The van der Waals surface area contributed by atoms with Gasteiger partial charge >= 0.3 is 0 Å². The summed E-state index contributed by atoms with van der Waals surface area (Å²) in [6, 6.07) is 9.18. The quantitative estimate of drug-likeness (QED) is 0.783. The Morgan fingerprint density at radius 3 is 3.00 bits per heavy atom. The smallest absolute Gasteiger partial charge is 0.120 e. The van der Waals surface area contributed by atoms with Crippen LogP contribution in [-0.4, -0.2) is 13.2 Å². The van der Waals surface area contributed by atoms with Crippen LogP contribution in [0.1, 0.15) is 12.5 Å². The van der Waals surface area contributed by atoms with Gasteiger partial charge in [-0.3, -0.25) is 0 Å². The second-order valence-corrected chi connectivity index (χ2v) is 3.29. The Balaban J connectivity index is 2.55. The van der Waals surface area contributed by atoms with E-state index in [2.05, 4.69) is 6.07 Å². The van der Waals surface area contributed by atoms with E-state index in [0.29, 0.717) is 24.6 Å². The van der Waals surface area contributed by atoms with Gasteiger partial charge in [0.05, 0.1) is 18.2 Å². The minimum absolute atomic E-state index is 0.334. The van der Waals surface area contributed by atoms with Crippen molar-refractivity contribution in [1.82, 2.24) is 0 Å². The number of ether oxygens (including phenoxy) is 1. The first-order valence-corrected chi connectivity index (χ1v) is 4.59. The zero-order valence-electron chi connectivity index (χ0n) is 8.23. The number of hydrogen-bond donors (Lipinski definition) is 1. The van der Waals surface area contributed by atoms with E-state index in [1.54, 1.807) is 18.2 Å². The van der Waals surface area contributed by atoms with Crippen LogP contribution in [0, 0.1) is 17.2 Å². The average Bonchev–Trinajstić information content (AvgIpc) is 2.26. The largest absolute Gasteiger partial charge is 0.493 e. The molecule has 1 aromatic carbocycles. The summed E-state index contributed by atoms with van der Waals surface area (Å²) in [4.78, 5) is 0. The van der Waals surface area contributed by atoms with E-state index in [9.17, 15) is 0 Å². The molecule has 14 heavy (non-hydrogen) atoms. The number of nitrogens with two attached hydrogens (primary N) is 1. The molecule has 0 aliphatic heterocycles. The maximum absolute atomic E-state index is 8.66. The molecule has 0 saturated carbocycles. The summed E-state index contributed by atoms with van der Waals surface area (Å²) < 4.78 is 5.47. The van der Waals surface area contributed by atoms with Crippen molar-refractivity contribution in [2.45, 2.75) is 6.92 Å². The van der Waals surface area contributed by atoms with E-state index in [-0.39, 0.29) is 0 Å². The first-order chi connectivity index (χ1) is 6.76. The van der Waals surface area contributed by atoms with Crippen molar-refractivity contribution in [3.8, 4) is 11.8 Å². The van der Waals surface area contributed by atoms with Gasteiger partial charge in [0.15, 0.2) is 0 Å². The summed E-state index contributed by atoms with van der Waals surface area (Å²) in [5.41, 5.74) is 6.07. The first-order valence-electron chi connectivity index (χ1n) is 4.59. The summed E-state index contributed by atoms with van der Waals surface area (Å²) in [6.07, 6.45) is 0. The molecule has 1 rings (SSSR count). The molecular weight excluding hydrogens is 176 g/mol. The predicted octanol–water partition coefficient (Wildman–Crippen LogP) is 1.53. The molecule has 3 nitrogen and oxygen atoms in total. The van der Waals surface area contributed by atoms with Gasteiger partial charge in [-0.15, -0.1) is 0 Å². The molecule has 74 valence electrons. The van der Waals surface area contributed by atoms with Gasteiger partial charge in [0, 0.05) is 5.92 Å². The van der Waals surface area contributed by atoms with Crippen molar-refractivity contribution in [2.24, 2.45) is 11.7 Å². The van der Waals surface area contributed by atoms with Crippen molar-refractivity contribution in [3.05, 3.63) is 29.8 Å². The van der Waals surface area contributed by atoms with E-state index in [1.807, 2.05) is 13.0 Å². The van der Waals surface area contributed by atoms with Crippen LogP contribution in [0.15, 0.2) is 24.3 Å². The average molecular weight is 190 g/mol. The van der Waals surface area contributed by atoms with Gasteiger partial charge < -0.3 is 10.5 Å². The standard InChI is InChI=1S/C11H14N2O/c1-9(6-12)8-14-11-4-2-3-10(5-11)7-13/h2-5,9H,6,8,12H2,1H3. The fraction of sp³-hybridized carbons (Fsp3) is 0.364. The molecule has 0 aliphatic rings. The van der Waals surface area contributed by atoms with Crippen molar-refractivity contribution < 1.29 is 4.74 Å². The van der Waals surface area contributed by atoms with Gasteiger partial charge in [0.1, 0.15) is 5.75 Å². The molecular formula is C11H14N2O. The van der Waals surface area contributed by atoms with Crippen molar-refractivity contribution in [1.29, 1.82) is 5.26 Å². The number of nitrogens with zero attached hydrogens (tertiary/aromatic N) is 1. The molecule has 3 heteroatoms. The fourth-order valence-corrected chi connectivity index (χ4v) is 0.962. The lowest BCUT2D eigenvalue weighted by molar-refractivity contribution is 0.264. The topological polar surface area (TPSA) is 59.0 Å². The number of hydrogen-bond acceptors (Lipinski definition) is 3. The minimum Gasteiger partial charge on any atom is -0.493 e.